The number of amides is 1. The summed E-state index contributed by atoms with van der Waals surface area (Å²) in [6, 6.07) is 9.07. The Morgan fingerprint density at radius 2 is 1.85 bits per heavy atom. The quantitative estimate of drug-likeness (QED) is 0.669. The predicted molar refractivity (Wildman–Crippen MR) is 88.4 cm³/mol. The molecule has 1 aromatic carbocycles. The molecule has 0 fully saturated rings. The van der Waals surface area contributed by atoms with Gasteiger partial charge in [-0.1, -0.05) is 36.5 Å². The number of carbonyl (C=O) groups excluding carboxylic acids is 1. The van der Waals surface area contributed by atoms with E-state index in [2.05, 4.69) is 37.1 Å². The number of ether oxygens (including phenoxy) is 1. The molecule has 1 rings (SSSR count). The summed E-state index contributed by atoms with van der Waals surface area (Å²) in [5, 5.41) is 4.10. The van der Waals surface area contributed by atoms with Gasteiger partial charge in [0.05, 0.1) is 8.07 Å². The van der Waals surface area contributed by atoms with Crippen LogP contribution < -0.4 is 10.5 Å². The first kappa shape index (κ1) is 16.5. The minimum atomic E-state index is -1.44. The molecule has 0 saturated carbocycles. The van der Waals surface area contributed by atoms with Crippen LogP contribution in [0.25, 0.3) is 0 Å². The van der Waals surface area contributed by atoms with Crippen LogP contribution in [0.1, 0.15) is 20.8 Å². The van der Waals surface area contributed by atoms with E-state index >= 15 is 0 Å². The third kappa shape index (κ3) is 5.21. The van der Waals surface area contributed by atoms with Crippen LogP contribution in [0.2, 0.25) is 19.1 Å². The molecule has 4 heteroatoms. The van der Waals surface area contributed by atoms with Crippen molar-refractivity contribution in [2.45, 2.75) is 45.5 Å². The maximum absolute atomic E-state index is 11.7. The van der Waals surface area contributed by atoms with Crippen LogP contribution in [0, 0.1) is 0 Å². The second-order valence-electron chi connectivity index (χ2n) is 6.58. The summed E-state index contributed by atoms with van der Waals surface area (Å²) in [7, 11) is -1.44. The maximum Gasteiger partial charge on any atom is 0.412 e. The van der Waals surface area contributed by atoms with Crippen molar-refractivity contribution in [2.24, 2.45) is 0 Å². The lowest BCUT2D eigenvalue weighted by molar-refractivity contribution is 0.0636. The van der Waals surface area contributed by atoms with Crippen LogP contribution in [-0.4, -0.2) is 19.8 Å². The molecule has 3 nitrogen and oxygen atoms in total. The Hall–Kier alpha value is -1.55. The number of allylic oxidation sites excluding steroid dienone is 1. The summed E-state index contributed by atoms with van der Waals surface area (Å²) in [6.07, 6.45) is 1.56. The smallest absolute Gasteiger partial charge is 0.412 e. The minimum Gasteiger partial charge on any atom is -0.444 e. The van der Waals surface area contributed by atoms with Gasteiger partial charge in [-0.05, 0) is 38.9 Å². The Labute approximate surface area is 123 Å². The zero-order valence-corrected chi connectivity index (χ0v) is 14.1. The van der Waals surface area contributed by atoms with E-state index in [9.17, 15) is 4.79 Å². The minimum absolute atomic E-state index is 0.423. The van der Waals surface area contributed by atoms with Crippen molar-refractivity contribution >= 4 is 25.0 Å². The second kappa shape index (κ2) is 6.26. The molecule has 0 spiro atoms. The van der Waals surface area contributed by atoms with Crippen LogP contribution in [0.5, 0.6) is 0 Å². The molecule has 0 aliphatic carbocycles. The molecule has 1 N–H and O–H groups in total. The molecule has 1 aromatic rings. The molecule has 0 aliphatic heterocycles. The average Bonchev–Trinajstić information content (AvgIpc) is 2.26. The van der Waals surface area contributed by atoms with Gasteiger partial charge in [-0.2, -0.15) is 0 Å². The lowest BCUT2D eigenvalue weighted by Crippen LogP contribution is -2.40. The van der Waals surface area contributed by atoms with Crippen molar-refractivity contribution < 1.29 is 9.53 Å². The number of nitrogens with one attached hydrogen (secondary N) is 1. The number of rotatable bonds is 4. The van der Waals surface area contributed by atoms with Gasteiger partial charge in [0.25, 0.3) is 0 Å². The predicted octanol–water partition coefficient (Wildman–Crippen LogP) is 4.14. The highest BCUT2D eigenvalue weighted by molar-refractivity contribution is 6.90. The summed E-state index contributed by atoms with van der Waals surface area (Å²) >= 11 is 0. The molecule has 110 valence electrons. The monoisotopic (exact) mass is 291 g/mol. The summed E-state index contributed by atoms with van der Waals surface area (Å²) in [5.41, 5.74) is 0.273. The van der Waals surface area contributed by atoms with Crippen molar-refractivity contribution in [2.75, 3.05) is 5.32 Å². The number of hydrogen-bond acceptors (Lipinski definition) is 2. The molecule has 0 unspecified atom stereocenters. The van der Waals surface area contributed by atoms with E-state index in [0.29, 0.717) is 0 Å². The van der Waals surface area contributed by atoms with Crippen LogP contribution >= 0.6 is 0 Å². The Morgan fingerprint density at radius 1 is 1.30 bits per heavy atom. The van der Waals surface area contributed by atoms with Gasteiger partial charge in [0.2, 0.25) is 0 Å². The number of hydrogen-bond donors (Lipinski definition) is 1. The van der Waals surface area contributed by atoms with Gasteiger partial charge in [0.15, 0.2) is 0 Å². The molecule has 0 atom stereocenters. The maximum atomic E-state index is 11.7. The Morgan fingerprint density at radius 3 is 2.30 bits per heavy atom. The van der Waals surface area contributed by atoms with Crippen LogP contribution in [0.3, 0.4) is 0 Å². The van der Waals surface area contributed by atoms with E-state index < -0.39 is 19.8 Å². The van der Waals surface area contributed by atoms with Gasteiger partial charge in [-0.15, -0.1) is 6.58 Å². The Bertz CT molecular complexity index is 472. The van der Waals surface area contributed by atoms with Crippen LogP contribution in [0.15, 0.2) is 36.9 Å². The van der Waals surface area contributed by atoms with Crippen molar-refractivity contribution in [3.8, 4) is 0 Å². The fraction of sp³-hybridized carbons (Fsp3) is 0.438. The van der Waals surface area contributed by atoms with Gasteiger partial charge < -0.3 is 4.74 Å². The van der Waals surface area contributed by atoms with Gasteiger partial charge >= 0.3 is 6.09 Å². The molecule has 0 heterocycles. The fourth-order valence-electron chi connectivity index (χ4n) is 1.90. The van der Waals surface area contributed by atoms with Crippen molar-refractivity contribution in [1.29, 1.82) is 0 Å². The second-order valence-corrected chi connectivity index (χ2v) is 11.3. The van der Waals surface area contributed by atoms with Gasteiger partial charge in [-0.3, -0.25) is 5.32 Å². The van der Waals surface area contributed by atoms with Crippen LogP contribution in [-0.2, 0) is 4.74 Å². The van der Waals surface area contributed by atoms with E-state index in [1.165, 1.54) is 5.19 Å². The average molecular weight is 291 g/mol. The fourth-order valence-corrected chi connectivity index (χ4v) is 3.93. The van der Waals surface area contributed by atoms with Gasteiger partial charge in [0, 0.05) is 5.69 Å². The molecule has 1 amide bonds. The first-order valence-electron chi connectivity index (χ1n) is 6.85. The molecular weight excluding hydrogens is 266 g/mol. The lowest BCUT2D eigenvalue weighted by atomic mass is 10.2. The van der Waals surface area contributed by atoms with Crippen LogP contribution in [0.4, 0.5) is 10.5 Å². The summed E-state index contributed by atoms with van der Waals surface area (Å²) in [6.45, 7) is 14.0. The third-order valence-electron chi connectivity index (χ3n) is 2.97. The highest BCUT2D eigenvalue weighted by Gasteiger charge is 2.21. The molecule has 0 aromatic heterocycles. The largest absolute Gasteiger partial charge is 0.444 e. The highest BCUT2D eigenvalue weighted by atomic mass is 28.3. The third-order valence-corrected chi connectivity index (χ3v) is 6.17. The number of carbonyl (C=O) groups is 1. The zero-order valence-electron chi connectivity index (χ0n) is 13.1. The molecule has 0 aliphatic rings. The molecule has 0 radical (unpaired) electrons. The molecule has 0 bridgehead atoms. The normalized spacial score (nSPS) is 11.8. The highest BCUT2D eigenvalue weighted by Crippen LogP contribution is 2.14. The zero-order chi connectivity index (χ0) is 15.4. The van der Waals surface area contributed by atoms with Crippen molar-refractivity contribution in [3.63, 3.8) is 0 Å². The topological polar surface area (TPSA) is 38.3 Å². The molecular formula is C16H25NO2Si. The first-order valence-corrected chi connectivity index (χ1v) is 10.1. The molecule has 20 heavy (non-hydrogen) atoms. The van der Waals surface area contributed by atoms with E-state index in [0.717, 1.165) is 11.7 Å². The lowest BCUT2D eigenvalue weighted by Gasteiger charge is -2.22. The Balaban J connectivity index is 2.72. The number of benzene rings is 1. The standard InChI is InChI=1S/C16H25NO2Si/c1-7-12-20(5,6)14-10-8-13(9-11-14)17-15(18)19-16(2,3)4/h7-11H,1,12H2,2-6H3,(H,17,18). The molecule has 0 saturated heterocycles. The van der Waals surface area contributed by atoms with E-state index in [1.54, 1.807) is 0 Å². The van der Waals surface area contributed by atoms with E-state index in [-0.39, 0.29) is 0 Å². The summed E-state index contributed by atoms with van der Waals surface area (Å²) in [4.78, 5) is 11.7. The number of anilines is 1. The van der Waals surface area contributed by atoms with Crippen molar-refractivity contribution in [1.82, 2.24) is 0 Å². The van der Waals surface area contributed by atoms with Crippen molar-refractivity contribution in [3.05, 3.63) is 36.9 Å². The first-order chi connectivity index (χ1) is 9.14. The van der Waals surface area contributed by atoms with E-state index in [1.807, 2.05) is 39.0 Å². The Kier molecular flexibility index (Phi) is 5.17. The summed E-state index contributed by atoms with van der Waals surface area (Å²) in [5.74, 6) is 0. The summed E-state index contributed by atoms with van der Waals surface area (Å²) < 4.78 is 5.22. The van der Waals surface area contributed by atoms with Gasteiger partial charge in [-0.25, -0.2) is 4.79 Å². The SMILES string of the molecule is C=CC[Si](C)(C)c1ccc(NC(=O)OC(C)(C)C)cc1. The van der Waals surface area contributed by atoms with Gasteiger partial charge in [0.1, 0.15) is 5.60 Å². The van der Waals surface area contributed by atoms with E-state index in [4.69, 9.17) is 4.74 Å².